The molecule has 0 fully saturated rings. The third-order valence-corrected chi connectivity index (χ3v) is 3.80. The van der Waals surface area contributed by atoms with Gasteiger partial charge in [0.25, 0.3) is 6.43 Å². The van der Waals surface area contributed by atoms with Crippen LogP contribution in [0.4, 0.5) is 8.78 Å². The first kappa shape index (κ1) is 20.8. The Labute approximate surface area is 155 Å². The van der Waals surface area contributed by atoms with Gasteiger partial charge in [0.15, 0.2) is 11.4 Å². The SMILES string of the molecule is CCOC(=O)c1nn(C(C)(C)C)c(Oc2cncc(CO)c2C(F)F)c1C. The van der Waals surface area contributed by atoms with Gasteiger partial charge in [0.2, 0.25) is 5.88 Å². The number of nitrogens with zero attached hydrogens (tertiary/aromatic N) is 3. The van der Waals surface area contributed by atoms with Crippen LogP contribution in [0, 0.1) is 6.92 Å². The lowest BCUT2D eigenvalue weighted by molar-refractivity contribution is 0.0516. The largest absolute Gasteiger partial charge is 0.461 e. The molecule has 27 heavy (non-hydrogen) atoms. The van der Waals surface area contributed by atoms with Gasteiger partial charge in [-0.25, -0.2) is 18.3 Å². The number of aromatic nitrogens is 3. The number of pyridine rings is 1. The average Bonchev–Trinajstić information content (AvgIpc) is 2.91. The van der Waals surface area contributed by atoms with E-state index in [4.69, 9.17) is 9.47 Å². The fourth-order valence-electron chi connectivity index (χ4n) is 2.50. The molecular formula is C18H23F2N3O4. The van der Waals surface area contributed by atoms with Gasteiger partial charge in [0.1, 0.15) is 0 Å². The molecule has 0 spiro atoms. The van der Waals surface area contributed by atoms with Gasteiger partial charge < -0.3 is 14.6 Å². The Balaban J connectivity index is 2.61. The topological polar surface area (TPSA) is 86.5 Å². The summed E-state index contributed by atoms with van der Waals surface area (Å²) in [7, 11) is 0. The molecular weight excluding hydrogens is 360 g/mol. The van der Waals surface area contributed by atoms with E-state index >= 15 is 0 Å². The fraction of sp³-hybridized carbons (Fsp3) is 0.500. The fourth-order valence-corrected chi connectivity index (χ4v) is 2.50. The van der Waals surface area contributed by atoms with Gasteiger partial charge in [-0.05, 0) is 34.6 Å². The molecule has 2 rings (SSSR count). The smallest absolute Gasteiger partial charge is 0.359 e. The van der Waals surface area contributed by atoms with Gasteiger partial charge in [-0.1, -0.05) is 0 Å². The summed E-state index contributed by atoms with van der Waals surface area (Å²) in [4.78, 5) is 16.0. The van der Waals surface area contributed by atoms with E-state index in [1.165, 1.54) is 4.68 Å². The maximum atomic E-state index is 13.5. The van der Waals surface area contributed by atoms with Gasteiger partial charge in [-0.15, -0.1) is 0 Å². The third kappa shape index (κ3) is 4.24. The summed E-state index contributed by atoms with van der Waals surface area (Å²) in [6.45, 7) is 8.34. The minimum Gasteiger partial charge on any atom is -0.461 e. The molecule has 148 valence electrons. The van der Waals surface area contributed by atoms with Crippen molar-refractivity contribution < 1.29 is 28.2 Å². The summed E-state index contributed by atoms with van der Waals surface area (Å²) < 4.78 is 39.3. The van der Waals surface area contributed by atoms with Crippen LogP contribution in [0.2, 0.25) is 0 Å². The molecule has 2 aromatic heterocycles. The highest BCUT2D eigenvalue weighted by atomic mass is 19.3. The second-order valence-corrected chi connectivity index (χ2v) is 6.85. The normalized spacial score (nSPS) is 11.7. The van der Waals surface area contributed by atoms with Crippen LogP contribution in [0.1, 0.15) is 61.3 Å². The second-order valence-electron chi connectivity index (χ2n) is 6.85. The Kier molecular flexibility index (Phi) is 6.15. The first-order valence-corrected chi connectivity index (χ1v) is 8.42. The monoisotopic (exact) mass is 383 g/mol. The number of aliphatic hydroxyl groups is 1. The quantitative estimate of drug-likeness (QED) is 0.765. The van der Waals surface area contributed by atoms with Crippen molar-refractivity contribution in [1.82, 2.24) is 14.8 Å². The number of carbonyl (C=O) groups excluding carboxylic acids is 1. The molecule has 0 aliphatic rings. The van der Waals surface area contributed by atoms with E-state index in [0.717, 1.165) is 12.4 Å². The van der Waals surface area contributed by atoms with E-state index in [1.54, 1.807) is 13.8 Å². The van der Waals surface area contributed by atoms with Crippen LogP contribution in [-0.4, -0.2) is 32.4 Å². The Morgan fingerprint density at radius 1 is 1.33 bits per heavy atom. The summed E-state index contributed by atoms with van der Waals surface area (Å²) >= 11 is 0. The highest BCUT2D eigenvalue weighted by Gasteiger charge is 2.30. The molecule has 0 saturated heterocycles. The van der Waals surface area contributed by atoms with Gasteiger partial charge in [0, 0.05) is 17.3 Å². The number of alkyl halides is 2. The standard InChI is InChI=1S/C18H23F2N3O4/c1-6-26-17(25)14-10(2)16(23(22-14)18(3,4)5)27-12-8-21-7-11(9-24)13(12)15(19)20/h7-8,15,24H,6,9H2,1-5H3. The number of ether oxygens (including phenoxy) is 2. The maximum absolute atomic E-state index is 13.5. The Hall–Kier alpha value is -2.55. The van der Waals surface area contributed by atoms with Crippen LogP contribution in [0.3, 0.4) is 0 Å². The van der Waals surface area contributed by atoms with Crippen LogP contribution in [0.15, 0.2) is 12.4 Å². The molecule has 0 amide bonds. The summed E-state index contributed by atoms with van der Waals surface area (Å²) in [6, 6.07) is 0. The zero-order valence-corrected chi connectivity index (χ0v) is 15.9. The molecule has 2 aromatic rings. The van der Waals surface area contributed by atoms with E-state index < -0.39 is 30.1 Å². The first-order chi connectivity index (χ1) is 12.6. The van der Waals surface area contributed by atoms with Crippen LogP contribution in [0.25, 0.3) is 0 Å². The third-order valence-electron chi connectivity index (χ3n) is 3.80. The number of hydrogen-bond donors (Lipinski definition) is 1. The van der Waals surface area contributed by atoms with Gasteiger partial charge in [-0.2, -0.15) is 5.10 Å². The number of aliphatic hydroxyl groups excluding tert-OH is 1. The molecule has 0 bridgehead atoms. The minimum atomic E-state index is -2.87. The van der Waals surface area contributed by atoms with Crippen molar-refractivity contribution in [2.75, 3.05) is 6.61 Å². The number of esters is 1. The lowest BCUT2D eigenvalue weighted by atomic mass is 10.1. The lowest BCUT2D eigenvalue weighted by Crippen LogP contribution is -2.24. The van der Waals surface area contributed by atoms with Crippen LogP contribution < -0.4 is 4.74 Å². The highest BCUT2D eigenvalue weighted by Crippen LogP contribution is 2.37. The Bertz CT molecular complexity index is 829. The number of hydrogen-bond acceptors (Lipinski definition) is 6. The molecule has 2 heterocycles. The summed E-state index contributed by atoms with van der Waals surface area (Å²) in [5.41, 5.74) is -0.679. The first-order valence-electron chi connectivity index (χ1n) is 8.42. The Morgan fingerprint density at radius 2 is 2.00 bits per heavy atom. The predicted molar refractivity (Wildman–Crippen MR) is 93.1 cm³/mol. The molecule has 0 aromatic carbocycles. The van der Waals surface area contributed by atoms with E-state index in [-0.39, 0.29) is 29.5 Å². The average molecular weight is 383 g/mol. The second kappa shape index (κ2) is 7.99. The molecule has 0 radical (unpaired) electrons. The number of halogens is 2. The van der Waals surface area contributed by atoms with Crippen molar-refractivity contribution in [1.29, 1.82) is 0 Å². The molecule has 0 saturated carbocycles. The number of rotatable bonds is 6. The predicted octanol–water partition coefficient (Wildman–Crippen LogP) is 3.74. The van der Waals surface area contributed by atoms with Crippen LogP contribution >= 0.6 is 0 Å². The van der Waals surface area contributed by atoms with Gasteiger partial charge in [-0.3, -0.25) is 4.98 Å². The van der Waals surface area contributed by atoms with Crippen molar-refractivity contribution >= 4 is 5.97 Å². The van der Waals surface area contributed by atoms with Crippen molar-refractivity contribution in [3.8, 4) is 11.6 Å². The molecule has 0 aliphatic heterocycles. The summed E-state index contributed by atoms with van der Waals surface area (Å²) in [6.07, 6.45) is -0.572. The van der Waals surface area contributed by atoms with Gasteiger partial charge >= 0.3 is 5.97 Å². The zero-order chi connectivity index (χ0) is 20.4. The molecule has 1 N–H and O–H groups in total. The van der Waals surface area contributed by atoms with Crippen molar-refractivity contribution in [3.05, 3.63) is 34.8 Å². The van der Waals surface area contributed by atoms with E-state index in [1.807, 2.05) is 20.8 Å². The maximum Gasteiger partial charge on any atom is 0.359 e. The summed E-state index contributed by atoms with van der Waals surface area (Å²) in [5, 5.41) is 13.6. The molecule has 0 atom stereocenters. The van der Waals surface area contributed by atoms with Crippen LogP contribution in [0.5, 0.6) is 11.6 Å². The Morgan fingerprint density at radius 3 is 2.52 bits per heavy atom. The molecule has 9 heteroatoms. The number of carbonyl (C=O) groups is 1. The van der Waals surface area contributed by atoms with Crippen LogP contribution in [-0.2, 0) is 16.9 Å². The van der Waals surface area contributed by atoms with E-state index in [2.05, 4.69) is 10.1 Å². The molecule has 7 nitrogen and oxygen atoms in total. The van der Waals surface area contributed by atoms with Crippen molar-refractivity contribution in [3.63, 3.8) is 0 Å². The summed E-state index contributed by atoms with van der Waals surface area (Å²) in [5.74, 6) is -0.705. The molecule has 0 aliphatic carbocycles. The molecule has 0 unspecified atom stereocenters. The van der Waals surface area contributed by atoms with Crippen molar-refractivity contribution in [2.45, 2.75) is 53.2 Å². The van der Waals surface area contributed by atoms with Crippen molar-refractivity contribution in [2.24, 2.45) is 0 Å². The minimum absolute atomic E-state index is 0.0346. The van der Waals surface area contributed by atoms with Gasteiger partial charge in [0.05, 0.1) is 30.5 Å². The lowest BCUT2D eigenvalue weighted by Gasteiger charge is -2.23. The zero-order valence-electron chi connectivity index (χ0n) is 15.9. The van der Waals surface area contributed by atoms with E-state index in [0.29, 0.717) is 5.56 Å². The van der Waals surface area contributed by atoms with E-state index in [9.17, 15) is 18.7 Å². The highest BCUT2D eigenvalue weighted by molar-refractivity contribution is 5.89.